The van der Waals surface area contributed by atoms with Crippen LogP contribution in [0.25, 0.3) is 11.0 Å². The fraction of sp³-hybridized carbons (Fsp3) is 0.500. The standard InChI is InChI=1S/C28H33F3N2O5.C2H6/c1-5-9-20-22(14-13-21-25(20)38-33-26(21)28(29,30)31)36-15-8-12-23(34)32-17-19-11-7-6-10-18(19)16-24(35)37-27(2,3)4;1-2/h6-7,10-11,13-14H,5,8-9,12,15-17H2,1-4H3,(H,32,34);1-2H3. The van der Waals surface area contributed by atoms with Crippen molar-refractivity contribution in [3.8, 4) is 5.75 Å². The maximum Gasteiger partial charge on any atom is 0.437 e. The zero-order valence-corrected chi connectivity index (χ0v) is 24.0. The maximum absolute atomic E-state index is 13.2. The van der Waals surface area contributed by atoms with Crippen LogP contribution in [0.3, 0.4) is 0 Å². The van der Waals surface area contributed by atoms with Gasteiger partial charge in [0.15, 0.2) is 11.3 Å². The molecule has 0 fully saturated rings. The van der Waals surface area contributed by atoms with E-state index in [1.165, 1.54) is 12.1 Å². The molecule has 220 valence electrons. The number of nitrogens with one attached hydrogen (secondary N) is 1. The summed E-state index contributed by atoms with van der Waals surface area (Å²) < 4.78 is 55.8. The van der Waals surface area contributed by atoms with Crippen molar-refractivity contribution in [3.63, 3.8) is 0 Å². The molecule has 1 N–H and O–H groups in total. The van der Waals surface area contributed by atoms with Gasteiger partial charge in [0.1, 0.15) is 11.4 Å². The maximum atomic E-state index is 13.2. The molecular formula is C30H39F3N2O5. The Morgan fingerprint density at radius 1 is 1.02 bits per heavy atom. The monoisotopic (exact) mass is 564 g/mol. The molecule has 1 heterocycles. The Kier molecular flexibility index (Phi) is 12.0. The van der Waals surface area contributed by atoms with Crippen LogP contribution in [0.1, 0.15) is 83.2 Å². The molecule has 40 heavy (non-hydrogen) atoms. The molecule has 1 amide bonds. The summed E-state index contributed by atoms with van der Waals surface area (Å²) in [5.41, 5.74) is 0.571. The van der Waals surface area contributed by atoms with Gasteiger partial charge in [-0.1, -0.05) is 56.6 Å². The lowest BCUT2D eigenvalue weighted by atomic mass is 10.0. The Morgan fingerprint density at radius 2 is 1.70 bits per heavy atom. The Hall–Kier alpha value is -3.56. The number of ether oxygens (including phenoxy) is 2. The summed E-state index contributed by atoms with van der Waals surface area (Å²) in [6.45, 7) is 11.8. The molecule has 3 aromatic rings. The number of esters is 1. The van der Waals surface area contributed by atoms with E-state index in [1.807, 2.05) is 65.8 Å². The van der Waals surface area contributed by atoms with Gasteiger partial charge in [0.25, 0.3) is 0 Å². The molecule has 0 aliphatic heterocycles. The molecule has 0 aliphatic carbocycles. The number of nitrogens with zero attached hydrogens (tertiary/aromatic N) is 1. The van der Waals surface area contributed by atoms with Crippen LogP contribution in [-0.2, 0) is 39.9 Å². The lowest BCUT2D eigenvalue weighted by Crippen LogP contribution is -2.26. The number of carbonyl (C=O) groups excluding carboxylic acids is 2. The van der Waals surface area contributed by atoms with Crippen molar-refractivity contribution in [2.24, 2.45) is 0 Å². The number of aryl methyl sites for hydroxylation is 1. The van der Waals surface area contributed by atoms with Crippen LogP contribution >= 0.6 is 0 Å². The number of benzene rings is 2. The van der Waals surface area contributed by atoms with E-state index in [-0.39, 0.29) is 48.8 Å². The minimum Gasteiger partial charge on any atom is -0.493 e. The third kappa shape index (κ3) is 9.57. The molecule has 0 saturated carbocycles. The quantitative estimate of drug-likeness (QED) is 0.196. The Morgan fingerprint density at radius 3 is 2.33 bits per heavy atom. The first kappa shape index (κ1) is 32.7. The van der Waals surface area contributed by atoms with E-state index in [0.29, 0.717) is 30.6 Å². The predicted octanol–water partition coefficient (Wildman–Crippen LogP) is 7.18. The molecule has 0 radical (unpaired) electrons. The second-order valence-electron chi connectivity index (χ2n) is 9.96. The van der Waals surface area contributed by atoms with Crippen molar-refractivity contribution < 1.29 is 36.8 Å². The number of amides is 1. The summed E-state index contributed by atoms with van der Waals surface area (Å²) in [4.78, 5) is 24.6. The molecular weight excluding hydrogens is 525 g/mol. The van der Waals surface area contributed by atoms with Crippen LogP contribution in [0.4, 0.5) is 13.2 Å². The van der Waals surface area contributed by atoms with Gasteiger partial charge in [0.05, 0.1) is 18.4 Å². The predicted molar refractivity (Wildman–Crippen MR) is 147 cm³/mol. The topological polar surface area (TPSA) is 90.7 Å². The van der Waals surface area contributed by atoms with Gasteiger partial charge in [0, 0.05) is 18.5 Å². The minimum absolute atomic E-state index is 0.0689. The van der Waals surface area contributed by atoms with Crippen LogP contribution in [0.2, 0.25) is 0 Å². The number of hydrogen-bond acceptors (Lipinski definition) is 6. The molecule has 3 rings (SSSR count). The van der Waals surface area contributed by atoms with E-state index in [0.717, 1.165) is 11.1 Å². The van der Waals surface area contributed by atoms with Crippen molar-refractivity contribution in [2.75, 3.05) is 6.61 Å². The highest BCUT2D eigenvalue weighted by Crippen LogP contribution is 2.38. The number of carbonyl (C=O) groups is 2. The van der Waals surface area contributed by atoms with Crippen molar-refractivity contribution in [1.82, 2.24) is 10.5 Å². The van der Waals surface area contributed by atoms with Gasteiger partial charge in [-0.2, -0.15) is 13.2 Å². The van der Waals surface area contributed by atoms with Crippen molar-refractivity contribution in [1.29, 1.82) is 0 Å². The average molecular weight is 565 g/mol. The summed E-state index contributed by atoms with van der Waals surface area (Å²) in [7, 11) is 0. The Bertz CT molecular complexity index is 1260. The Labute approximate surface area is 233 Å². The van der Waals surface area contributed by atoms with E-state index in [2.05, 4.69) is 10.5 Å². The van der Waals surface area contributed by atoms with Gasteiger partial charge in [-0.25, -0.2) is 0 Å². The number of rotatable bonds is 11. The fourth-order valence-electron chi connectivity index (χ4n) is 4.00. The van der Waals surface area contributed by atoms with E-state index in [9.17, 15) is 22.8 Å². The molecule has 0 aliphatic rings. The zero-order chi connectivity index (χ0) is 29.9. The van der Waals surface area contributed by atoms with Crippen LogP contribution in [-0.4, -0.2) is 29.2 Å². The summed E-state index contributed by atoms with van der Waals surface area (Å²) in [5, 5.41) is 5.98. The molecule has 0 unspecified atom stereocenters. The Balaban J connectivity index is 0.00000274. The summed E-state index contributed by atoms with van der Waals surface area (Å²) in [6.07, 6.45) is -2.77. The normalized spacial score (nSPS) is 11.5. The second kappa shape index (κ2) is 14.7. The summed E-state index contributed by atoms with van der Waals surface area (Å²) in [5.74, 6) is -0.107. The van der Waals surface area contributed by atoms with Crippen molar-refractivity contribution in [3.05, 3.63) is 58.8 Å². The first-order chi connectivity index (χ1) is 18.9. The third-order valence-corrected chi connectivity index (χ3v) is 5.62. The molecule has 7 nitrogen and oxygen atoms in total. The summed E-state index contributed by atoms with van der Waals surface area (Å²) >= 11 is 0. The van der Waals surface area contributed by atoms with E-state index < -0.39 is 17.5 Å². The van der Waals surface area contributed by atoms with Gasteiger partial charge in [0.2, 0.25) is 5.91 Å². The molecule has 2 aromatic carbocycles. The lowest BCUT2D eigenvalue weighted by molar-refractivity contribution is -0.154. The minimum atomic E-state index is -4.61. The van der Waals surface area contributed by atoms with Gasteiger partial charge >= 0.3 is 12.1 Å². The van der Waals surface area contributed by atoms with Gasteiger partial charge in [-0.15, -0.1) is 0 Å². The first-order valence-corrected chi connectivity index (χ1v) is 13.6. The van der Waals surface area contributed by atoms with Crippen LogP contribution in [0.5, 0.6) is 5.75 Å². The van der Waals surface area contributed by atoms with Crippen LogP contribution < -0.4 is 10.1 Å². The second-order valence-corrected chi connectivity index (χ2v) is 9.96. The van der Waals surface area contributed by atoms with E-state index in [4.69, 9.17) is 14.0 Å². The number of alkyl halides is 3. The highest BCUT2D eigenvalue weighted by molar-refractivity contribution is 5.85. The zero-order valence-electron chi connectivity index (χ0n) is 24.0. The fourth-order valence-corrected chi connectivity index (χ4v) is 4.00. The van der Waals surface area contributed by atoms with Crippen LogP contribution in [0.15, 0.2) is 40.9 Å². The van der Waals surface area contributed by atoms with E-state index in [1.54, 1.807) is 0 Å². The van der Waals surface area contributed by atoms with Gasteiger partial charge in [-0.3, -0.25) is 9.59 Å². The van der Waals surface area contributed by atoms with E-state index >= 15 is 0 Å². The highest BCUT2D eigenvalue weighted by atomic mass is 19.4. The molecule has 0 spiro atoms. The molecule has 1 aromatic heterocycles. The smallest absolute Gasteiger partial charge is 0.437 e. The lowest BCUT2D eigenvalue weighted by Gasteiger charge is -2.20. The third-order valence-electron chi connectivity index (χ3n) is 5.62. The molecule has 0 saturated heterocycles. The SMILES string of the molecule is CC.CCCc1c(OCCCC(=O)NCc2ccccc2CC(=O)OC(C)(C)C)ccc2c(C(F)(F)F)noc12. The number of aromatic nitrogens is 1. The molecule has 10 heteroatoms. The van der Waals surface area contributed by atoms with Gasteiger partial charge in [-0.05, 0) is 56.9 Å². The van der Waals surface area contributed by atoms with Crippen molar-refractivity contribution in [2.45, 2.75) is 92.0 Å². The number of halogens is 3. The highest BCUT2D eigenvalue weighted by Gasteiger charge is 2.37. The van der Waals surface area contributed by atoms with Gasteiger partial charge < -0.3 is 19.3 Å². The number of fused-ring (bicyclic) bond motifs is 1. The summed E-state index contributed by atoms with van der Waals surface area (Å²) in [6, 6.07) is 10.1. The molecule has 0 bridgehead atoms. The van der Waals surface area contributed by atoms with Crippen molar-refractivity contribution >= 4 is 22.8 Å². The number of hydrogen-bond donors (Lipinski definition) is 1. The van der Waals surface area contributed by atoms with Crippen LogP contribution in [0, 0.1) is 0 Å². The largest absolute Gasteiger partial charge is 0.493 e. The average Bonchev–Trinajstić information content (AvgIpc) is 3.32. The first-order valence-electron chi connectivity index (χ1n) is 13.6. The molecule has 0 atom stereocenters.